The van der Waals surface area contributed by atoms with Gasteiger partial charge >= 0.3 is 5.97 Å². The van der Waals surface area contributed by atoms with E-state index in [1.54, 1.807) is 38.1 Å². The Kier molecular flexibility index (Phi) is 4.26. The first kappa shape index (κ1) is 13.7. The lowest BCUT2D eigenvalue weighted by Gasteiger charge is -2.28. The SMILES string of the molecule is COC(=O)c1ccc(C(O)C(C)(C)CO)cc1. The van der Waals surface area contributed by atoms with Crippen LogP contribution in [-0.2, 0) is 4.74 Å². The fourth-order valence-electron chi connectivity index (χ4n) is 1.46. The summed E-state index contributed by atoms with van der Waals surface area (Å²) in [5.41, 5.74) is 0.481. The van der Waals surface area contributed by atoms with Gasteiger partial charge in [-0.05, 0) is 17.7 Å². The van der Waals surface area contributed by atoms with Gasteiger partial charge in [-0.1, -0.05) is 26.0 Å². The van der Waals surface area contributed by atoms with Gasteiger partial charge in [0.05, 0.1) is 25.4 Å². The van der Waals surface area contributed by atoms with Crippen molar-refractivity contribution < 1.29 is 19.7 Å². The zero-order valence-corrected chi connectivity index (χ0v) is 10.3. The maximum Gasteiger partial charge on any atom is 0.337 e. The van der Waals surface area contributed by atoms with E-state index in [4.69, 9.17) is 0 Å². The predicted molar refractivity (Wildman–Crippen MR) is 63.6 cm³/mol. The van der Waals surface area contributed by atoms with Crippen molar-refractivity contribution in [2.45, 2.75) is 20.0 Å². The summed E-state index contributed by atoms with van der Waals surface area (Å²) in [5.74, 6) is -0.410. The number of esters is 1. The summed E-state index contributed by atoms with van der Waals surface area (Å²) < 4.78 is 4.58. The molecule has 0 heterocycles. The molecule has 0 aliphatic heterocycles. The summed E-state index contributed by atoms with van der Waals surface area (Å²) in [6.07, 6.45) is -0.779. The van der Waals surface area contributed by atoms with Gasteiger partial charge in [0.1, 0.15) is 0 Å². The summed E-state index contributed by atoms with van der Waals surface area (Å²) in [6.45, 7) is 3.42. The number of rotatable bonds is 4. The van der Waals surface area contributed by atoms with Crippen LogP contribution >= 0.6 is 0 Å². The zero-order chi connectivity index (χ0) is 13.1. The highest BCUT2D eigenvalue weighted by atomic mass is 16.5. The summed E-state index contributed by atoms with van der Waals surface area (Å²) >= 11 is 0. The van der Waals surface area contributed by atoms with Crippen LogP contribution in [0.1, 0.15) is 35.9 Å². The molecule has 1 unspecified atom stereocenters. The number of carbonyl (C=O) groups is 1. The van der Waals surface area contributed by atoms with Gasteiger partial charge in [-0.15, -0.1) is 0 Å². The summed E-state index contributed by atoms with van der Waals surface area (Å²) in [7, 11) is 1.32. The molecule has 1 atom stereocenters. The molecule has 2 N–H and O–H groups in total. The largest absolute Gasteiger partial charge is 0.465 e. The highest BCUT2D eigenvalue weighted by molar-refractivity contribution is 5.89. The van der Waals surface area contributed by atoms with E-state index in [9.17, 15) is 15.0 Å². The second kappa shape index (κ2) is 5.29. The Morgan fingerprint density at radius 1 is 1.35 bits per heavy atom. The molecular formula is C13H18O4. The van der Waals surface area contributed by atoms with Crippen molar-refractivity contribution in [3.05, 3.63) is 35.4 Å². The van der Waals surface area contributed by atoms with Crippen molar-refractivity contribution in [3.8, 4) is 0 Å². The normalized spacial score (nSPS) is 13.2. The fourth-order valence-corrected chi connectivity index (χ4v) is 1.46. The summed E-state index contributed by atoms with van der Waals surface area (Å²) in [6, 6.07) is 6.51. The molecule has 4 nitrogen and oxygen atoms in total. The minimum absolute atomic E-state index is 0.118. The third-order valence-electron chi connectivity index (χ3n) is 2.80. The van der Waals surface area contributed by atoms with Crippen LogP contribution in [0, 0.1) is 5.41 Å². The van der Waals surface area contributed by atoms with Crippen LogP contribution < -0.4 is 0 Å². The van der Waals surface area contributed by atoms with Crippen molar-refractivity contribution >= 4 is 5.97 Å². The predicted octanol–water partition coefficient (Wildman–Crippen LogP) is 1.53. The van der Waals surface area contributed by atoms with Crippen molar-refractivity contribution in [1.29, 1.82) is 0 Å². The van der Waals surface area contributed by atoms with E-state index in [1.807, 2.05) is 0 Å². The maximum atomic E-state index is 11.2. The lowest BCUT2D eigenvalue weighted by Crippen LogP contribution is -2.26. The first-order chi connectivity index (χ1) is 7.92. The molecule has 0 aliphatic rings. The van der Waals surface area contributed by atoms with Crippen LogP contribution in [-0.4, -0.2) is 29.9 Å². The third-order valence-corrected chi connectivity index (χ3v) is 2.80. The molecule has 1 rings (SSSR count). The molecule has 94 valence electrons. The molecule has 1 aromatic carbocycles. The topological polar surface area (TPSA) is 66.8 Å². The van der Waals surface area contributed by atoms with Crippen molar-refractivity contribution in [3.63, 3.8) is 0 Å². The van der Waals surface area contributed by atoms with Crippen LogP contribution in [0.2, 0.25) is 0 Å². The van der Waals surface area contributed by atoms with Crippen LogP contribution in [0.25, 0.3) is 0 Å². The number of hydrogen-bond donors (Lipinski definition) is 2. The van der Waals surface area contributed by atoms with Crippen LogP contribution in [0.3, 0.4) is 0 Å². The average Bonchev–Trinajstić information content (AvgIpc) is 2.37. The Hall–Kier alpha value is -1.39. The van der Waals surface area contributed by atoms with Crippen molar-refractivity contribution in [1.82, 2.24) is 0 Å². The molecule has 1 aromatic rings. The first-order valence-corrected chi connectivity index (χ1v) is 5.39. The standard InChI is InChI=1S/C13H18O4/c1-13(2,8-14)11(15)9-4-6-10(7-5-9)12(16)17-3/h4-7,11,14-15H,8H2,1-3H3. The number of carbonyl (C=O) groups excluding carboxylic acids is 1. The van der Waals surface area contributed by atoms with Crippen LogP contribution in [0.15, 0.2) is 24.3 Å². The monoisotopic (exact) mass is 238 g/mol. The van der Waals surface area contributed by atoms with Crippen molar-refractivity contribution in [2.24, 2.45) is 5.41 Å². The molecule has 0 saturated carbocycles. The van der Waals surface area contributed by atoms with Gasteiger partial charge in [0.15, 0.2) is 0 Å². The number of methoxy groups -OCH3 is 1. The Bertz CT molecular complexity index is 381. The molecule has 17 heavy (non-hydrogen) atoms. The Morgan fingerprint density at radius 2 is 1.88 bits per heavy atom. The molecular weight excluding hydrogens is 220 g/mol. The summed E-state index contributed by atoms with van der Waals surface area (Å²) in [5, 5.41) is 19.2. The van der Waals surface area contributed by atoms with Gasteiger partial charge in [-0.25, -0.2) is 4.79 Å². The van der Waals surface area contributed by atoms with Gasteiger partial charge in [0.25, 0.3) is 0 Å². The average molecular weight is 238 g/mol. The quantitative estimate of drug-likeness (QED) is 0.780. The molecule has 0 fully saturated rings. The zero-order valence-electron chi connectivity index (χ0n) is 10.3. The Balaban J connectivity index is 2.91. The van der Waals surface area contributed by atoms with Gasteiger partial charge in [-0.3, -0.25) is 0 Å². The highest BCUT2D eigenvalue weighted by Crippen LogP contribution is 2.32. The van der Waals surface area contributed by atoms with Gasteiger partial charge in [-0.2, -0.15) is 0 Å². The number of benzene rings is 1. The molecule has 0 spiro atoms. The van der Waals surface area contributed by atoms with Gasteiger partial charge < -0.3 is 14.9 Å². The number of hydrogen-bond acceptors (Lipinski definition) is 4. The molecule has 0 saturated heterocycles. The Labute approximate surface area is 101 Å². The fraction of sp³-hybridized carbons (Fsp3) is 0.462. The molecule has 0 radical (unpaired) electrons. The highest BCUT2D eigenvalue weighted by Gasteiger charge is 2.28. The first-order valence-electron chi connectivity index (χ1n) is 5.39. The van der Waals surface area contributed by atoms with Crippen LogP contribution in [0.5, 0.6) is 0 Å². The number of aliphatic hydroxyl groups is 2. The third kappa shape index (κ3) is 3.05. The lowest BCUT2D eigenvalue weighted by atomic mass is 9.83. The minimum Gasteiger partial charge on any atom is -0.465 e. The van der Waals surface area contributed by atoms with E-state index >= 15 is 0 Å². The summed E-state index contributed by atoms with van der Waals surface area (Å²) in [4.78, 5) is 11.2. The van der Waals surface area contributed by atoms with Crippen LogP contribution in [0.4, 0.5) is 0 Å². The van der Waals surface area contributed by atoms with Gasteiger partial charge in [0.2, 0.25) is 0 Å². The van der Waals surface area contributed by atoms with Crippen molar-refractivity contribution in [2.75, 3.05) is 13.7 Å². The van der Waals surface area contributed by atoms with E-state index < -0.39 is 17.5 Å². The van der Waals surface area contributed by atoms with E-state index in [2.05, 4.69) is 4.74 Å². The molecule has 4 heteroatoms. The van der Waals surface area contributed by atoms with E-state index in [0.717, 1.165) is 0 Å². The molecule has 0 aliphatic carbocycles. The van der Waals surface area contributed by atoms with E-state index in [1.165, 1.54) is 7.11 Å². The lowest BCUT2D eigenvalue weighted by molar-refractivity contribution is 0.00635. The molecule has 0 bridgehead atoms. The smallest absolute Gasteiger partial charge is 0.337 e. The van der Waals surface area contributed by atoms with E-state index in [0.29, 0.717) is 11.1 Å². The number of aliphatic hydroxyl groups excluding tert-OH is 2. The second-order valence-corrected chi connectivity index (χ2v) is 4.66. The number of ether oxygens (including phenoxy) is 1. The van der Waals surface area contributed by atoms with Gasteiger partial charge in [0, 0.05) is 5.41 Å². The minimum atomic E-state index is -0.779. The van der Waals surface area contributed by atoms with E-state index in [-0.39, 0.29) is 6.61 Å². The Morgan fingerprint density at radius 3 is 2.29 bits per heavy atom. The second-order valence-electron chi connectivity index (χ2n) is 4.66. The maximum absolute atomic E-state index is 11.2. The molecule has 0 aromatic heterocycles. The molecule has 0 amide bonds.